The first kappa shape index (κ1) is 28.9. The molecule has 0 bridgehead atoms. The van der Waals surface area contributed by atoms with Crippen LogP contribution in [0.25, 0.3) is 0 Å². The van der Waals surface area contributed by atoms with E-state index in [-0.39, 0.29) is 25.2 Å². The highest BCUT2D eigenvalue weighted by molar-refractivity contribution is 5.68. The van der Waals surface area contributed by atoms with Crippen LogP contribution in [-0.4, -0.2) is 66.7 Å². The summed E-state index contributed by atoms with van der Waals surface area (Å²) in [5, 5.41) is 17.2. The van der Waals surface area contributed by atoms with Crippen molar-refractivity contribution in [3.63, 3.8) is 0 Å². The summed E-state index contributed by atoms with van der Waals surface area (Å²) in [6.07, 6.45) is -1.04. The number of nitrogens with one attached hydrogen (secondary N) is 2. The van der Waals surface area contributed by atoms with Crippen LogP contribution < -0.4 is 10.6 Å². The predicted octanol–water partition coefficient (Wildman–Crippen LogP) is 3.97. The van der Waals surface area contributed by atoms with Crippen LogP contribution in [0.2, 0.25) is 0 Å². The highest BCUT2D eigenvalue weighted by Crippen LogP contribution is 2.33. The Morgan fingerprint density at radius 2 is 1.59 bits per heavy atom. The average Bonchev–Trinajstić information content (AvgIpc) is 3.49. The van der Waals surface area contributed by atoms with Gasteiger partial charge in [-0.05, 0) is 57.6 Å². The monoisotopic (exact) mass is 540 g/mol. The third kappa shape index (κ3) is 8.95. The molecule has 9 nitrogen and oxygen atoms in total. The number of ether oxygens (including phenoxy) is 4. The van der Waals surface area contributed by atoms with Gasteiger partial charge in [-0.2, -0.15) is 0 Å². The molecule has 6 atom stereocenters. The van der Waals surface area contributed by atoms with Crippen LogP contribution in [0.4, 0.5) is 9.59 Å². The standard InChI is InChI=1S/C30H40N2O7/c1-30(2,3)39-29(35)31-22(16-20-10-6-4-7-11-20)18-25(33)24(17-21-12-8-5-9-13-21)32-28(34)38-26-19-37-27-23(26)14-15-36-27/h4-13,22-27,33H,14-19H2,1-3H3,(H,31,35)(H,32,34)/t22-,23+,24-,25-,26+,27-/m0/s1. The van der Waals surface area contributed by atoms with Gasteiger partial charge in [0.05, 0.1) is 31.3 Å². The molecule has 2 heterocycles. The highest BCUT2D eigenvalue weighted by Gasteiger charge is 2.44. The van der Waals surface area contributed by atoms with Crippen LogP contribution in [0.15, 0.2) is 60.7 Å². The molecule has 39 heavy (non-hydrogen) atoms. The number of aliphatic hydroxyl groups excluding tert-OH is 1. The van der Waals surface area contributed by atoms with Gasteiger partial charge in [0.25, 0.3) is 0 Å². The number of fused-ring (bicyclic) bond motifs is 1. The topological polar surface area (TPSA) is 115 Å². The summed E-state index contributed by atoms with van der Waals surface area (Å²) in [6.45, 7) is 6.27. The van der Waals surface area contributed by atoms with Crippen molar-refractivity contribution in [1.82, 2.24) is 10.6 Å². The molecule has 0 spiro atoms. The Labute approximate surface area is 230 Å². The van der Waals surface area contributed by atoms with Gasteiger partial charge < -0.3 is 34.7 Å². The number of carbonyl (C=O) groups excluding carboxylic acids is 2. The molecule has 2 aliphatic rings. The summed E-state index contributed by atoms with van der Waals surface area (Å²) in [7, 11) is 0. The summed E-state index contributed by atoms with van der Waals surface area (Å²) >= 11 is 0. The molecule has 2 fully saturated rings. The maximum absolute atomic E-state index is 13.0. The molecule has 0 aromatic heterocycles. The number of carbonyl (C=O) groups is 2. The lowest BCUT2D eigenvalue weighted by Gasteiger charge is -2.29. The van der Waals surface area contributed by atoms with Crippen molar-refractivity contribution in [2.45, 2.75) is 82.6 Å². The molecule has 0 unspecified atom stereocenters. The maximum Gasteiger partial charge on any atom is 0.407 e. The molecule has 9 heteroatoms. The van der Waals surface area contributed by atoms with E-state index in [0.717, 1.165) is 17.5 Å². The maximum atomic E-state index is 13.0. The van der Waals surface area contributed by atoms with Crippen molar-refractivity contribution in [3.8, 4) is 0 Å². The number of hydrogen-bond acceptors (Lipinski definition) is 7. The van der Waals surface area contributed by atoms with E-state index in [4.69, 9.17) is 18.9 Å². The summed E-state index contributed by atoms with van der Waals surface area (Å²) in [5.41, 5.74) is 1.30. The number of aliphatic hydroxyl groups is 1. The van der Waals surface area contributed by atoms with E-state index in [0.29, 0.717) is 19.4 Å². The summed E-state index contributed by atoms with van der Waals surface area (Å²) in [4.78, 5) is 25.6. The van der Waals surface area contributed by atoms with E-state index in [2.05, 4.69) is 10.6 Å². The second-order valence-corrected chi connectivity index (χ2v) is 11.2. The highest BCUT2D eigenvalue weighted by atomic mass is 16.7. The molecule has 4 rings (SSSR count). The largest absolute Gasteiger partial charge is 0.444 e. The van der Waals surface area contributed by atoms with Crippen LogP contribution >= 0.6 is 0 Å². The second-order valence-electron chi connectivity index (χ2n) is 11.2. The molecule has 2 aliphatic heterocycles. The lowest BCUT2D eigenvalue weighted by Crippen LogP contribution is -2.50. The number of rotatable bonds is 10. The minimum Gasteiger partial charge on any atom is -0.444 e. The van der Waals surface area contributed by atoms with Crippen LogP contribution in [-0.2, 0) is 31.8 Å². The van der Waals surface area contributed by atoms with Gasteiger partial charge in [-0.25, -0.2) is 9.59 Å². The molecule has 2 aromatic rings. The Morgan fingerprint density at radius 1 is 0.949 bits per heavy atom. The number of alkyl carbamates (subject to hydrolysis) is 2. The summed E-state index contributed by atoms with van der Waals surface area (Å²) < 4.78 is 22.3. The Kier molecular flexibility index (Phi) is 9.83. The predicted molar refractivity (Wildman–Crippen MR) is 145 cm³/mol. The fraction of sp³-hybridized carbons (Fsp3) is 0.533. The number of amides is 2. The van der Waals surface area contributed by atoms with Crippen LogP contribution in [0.5, 0.6) is 0 Å². The molecule has 0 saturated carbocycles. The normalized spacial score (nSPS) is 22.8. The summed E-state index contributed by atoms with van der Waals surface area (Å²) in [6, 6.07) is 18.3. The van der Waals surface area contributed by atoms with Crippen LogP contribution in [0.3, 0.4) is 0 Å². The third-order valence-corrected chi connectivity index (χ3v) is 6.88. The number of hydrogen-bond donors (Lipinski definition) is 3. The van der Waals surface area contributed by atoms with Crippen molar-refractivity contribution in [3.05, 3.63) is 71.8 Å². The molecule has 212 valence electrons. The lowest BCUT2D eigenvalue weighted by atomic mass is 9.94. The quantitative estimate of drug-likeness (QED) is 0.418. The third-order valence-electron chi connectivity index (χ3n) is 6.88. The molecule has 2 amide bonds. The summed E-state index contributed by atoms with van der Waals surface area (Å²) in [5.74, 6) is 0.0153. The smallest absolute Gasteiger partial charge is 0.407 e. The van der Waals surface area contributed by atoms with Gasteiger partial charge in [0.15, 0.2) is 6.29 Å². The van der Waals surface area contributed by atoms with Gasteiger partial charge in [-0.3, -0.25) is 0 Å². The van der Waals surface area contributed by atoms with E-state index in [1.54, 1.807) is 20.8 Å². The van der Waals surface area contributed by atoms with Crippen LogP contribution in [0.1, 0.15) is 44.7 Å². The zero-order valence-electron chi connectivity index (χ0n) is 22.9. The molecule has 0 radical (unpaired) electrons. The van der Waals surface area contributed by atoms with E-state index >= 15 is 0 Å². The first-order valence-electron chi connectivity index (χ1n) is 13.6. The minimum absolute atomic E-state index is 0.0153. The Morgan fingerprint density at radius 3 is 2.23 bits per heavy atom. The molecular weight excluding hydrogens is 500 g/mol. The fourth-order valence-electron chi connectivity index (χ4n) is 5.04. The van der Waals surface area contributed by atoms with Gasteiger partial charge in [0.2, 0.25) is 0 Å². The van der Waals surface area contributed by atoms with E-state index in [9.17, 15) is 14.7 Å². The Bertz CT molecular complexity index is 1060. The van der Waals surface area contributed by atoms with Crippen molar-refractivity contribution < 1.29 is 33.6 Å². The van der Waals surface area contributed by atoms with Gasteiger partial charge >= 0.3 is 12.2 Å². The average molecular weight is 541 g/mol. The van der Waals surface area contributed by atoms with Gasteiger partial charge in [-0.1, -0.05) is 60.7 Å². The van der Waals surface area contributed by atoms with Crippen LogP contribution in [0, 0.1) is 5.92 Å². The number of benzene rings is 2. The Balaban J connectivity index is 1.45. The first-order chi connectivity index (χ1) is 18.7. The van der Waals surface area contributed by atoms with Crippen molar-refractivity contribution in [1.29, 1.82) is 0 Å². The van der Waals surface area contributed by atoms with Gasteiger partial charge in [-0.15, -0.1) is 0 Å². The second kappa shape index (κ2) is 13.3. The van der Waals surface area contributed by atoms with E-state index in [1.165, 1.54) is 0 Å². The Hall–Kier alpha value is -3.14. The molecule has 2 saturated heterocycles. The first-order valence-corrected chi connectivity index (χ1v) is 13.6. The molecular formula is C30H40N2O7. The van der Waals surface area contributed by atoms with E-state index < -0.39 is 42.1 Å². The zero-order chi connectivity index (χ0) is 27.8. The molecule has 3 N–H and O–H groups in total. The SMILES string of the molecule is CC(C)(C)OC(=O)N[C@@H](Cc1ccccc1)C[C@H](O)[C@H](Cc1ccccc1)NC(=O)O[C@@H]1CO[C@@H]2OCC[C@@H]21. The lowest BCUT2D eigenvalue weighted by molar-refractivity contribution is -0.0907. The van der Waals surface area contributed by atoms with Gasteiger partial charge in [0.1, 0.15) is 11.7 Å². The molecule has 2 aromatic carbocycles. The van der Waals surface area contributed by atoms with Gasteiger partial charge in [0, 0.05) is 6.04 Å². The van der Waals surface area contributed by atoms with Crippen molar-refractivity contribution >= 4 is 12.2 Å². The zero-order valence-corrected chi connectivity index (χ0v) is 22.9. The minimum atomic E-state index is -0.983. The van der Waals surface area contributed by atoms with Crippen molar-refractivity contribution in [2.24, 2.45) is 5.92 Å². The van der Waals surface area contributed by atoms with Crippen molar-refractivity contribution in [2.75, 3.05) is 13.2 Å². The van der Waals surface area contributed by atoms with E-state index in [1.807, 2.05) is 60.7 Å². The molecule has 0 aliphatic carbocycles. The fourth-order valence-corrected chi connectivity index (χ4v) is 5.04.